The normalized spacial score (nSPS) is 11.6. The van der Waals surface area contributed by atoms with Gasteiger partial charge in [0.2, 0.25) is 0 Å². The van der Waals surface area contributed by atoms with Gasteiger partial charge in [0.05, 0.1) is 11.4 Å². The molecule has 9 rings (SSSR count). The molecule has 0 spiro atoms. The van der Waals surface area contributed by atoms with Gasteiger partial charge in [-0.3, -0.25) is 0 Å². The summed E-state index contributed by atoms with van der Waals surface area (Å²) in [5.41, 5.74) is 8.64. The zero-order valence-electron chi connectivity index (χ0n) is 24.3. The molecule has 7 aromatic carbocycles. The van der Waals surface area contributed by atoms with E-state index < -0.39 is 0 Å². The standard InChI is InChI=1S/C42H26N2O/c1-3-12-28(13-4-1)37-26-38(44-42(43-37)29-14-5-2-6-15-29)35-18-9-19-36-40-34(17-10-20-39(40)45-41(35)36)31-23-24-33-30(25-31)22-21-27-11-7-8-16-32(27)33/h1-26H. The van der Waals surface area contributed by atoms with Gasteiger partial charge in [0, 0.05) is 27.5 Å². The molecule has 0 amide bonds. The molecule has 45 heavy (non-hydrogen) atoms. The molecule has 9 aromatic rings. The molecule has 2 heterocycles. The number of nitrogens with zero attached hydrogens (tertiary/aromatic N) is 2. The molecule has 0 radical (unpaired) electrons. The maximum atomic E-state index is 6.68. The fourth-order valence-electron chi connectivity index (χ4n) is 6.53. The summed E-state index contributed by atoms with van der Waals surface area (Å²) < 4.78 is 6.68. The Morgan fingerprint density at radius 1 is 0.400 bits per heavy atom. The maximum absolute atomic E-state index is 6.68. The molecule has 0 N–H and O–H groups in total. The minimum absolute atomic E-state index is 0.685. The first-order valence-corrected chi connectivity index (χ1v) is 15.2. The molecule has 0 aliphatic carbocycles. The summed E-state index contributed by atoms with van der Waals surface area (Å²) >= 11 is 0. The Bertz CT molecular complexity index is 2470. The first-order chi connectivity index (χ1) is 22.3. The number of para-hydroxylation sites is 1. The number of hydrogen-bond acceptors (Lipinski definition) is 3. The Hall–Kier alpha value is -6.06. The van der Waals surface area contributed by atoms with Gasteiger partial charge in [0.15, 0.2) is 5.82 Å². The van der Waals surface area contributed by atoms with Crippen LogP contribution in [0.1, 0.15) is 0 Å². The molecule has 3 nitrogen and oxygen atoms in total. The first kappa shape index (κ1) is 25.4. The second-order valence-electron chi connectivity index (χ2n) is 11.4. The smallest absolute Gasteiger partial charge is 0.160 e. The number of hydrogen-bond donors (Lipinski definition) is 0. The van der Waals surface area contributed by atoms with Crippen molar-refractivity contribution in [3.05, 3.63) is 158 Å². The lowest BCUT2D eigenvalue weighted by Gasteiger charge is -2.10. The van der Waals surface area contributed by atoms with Crippen LogP contribution in [-0.4, -0.2) is 9.97 Å². The number of benzene rings is 7. The Kier molecular flexibility index (Phi) is 5.82. The van der Waals surface area contributed by atoms with Crippen molar-refractivity contribution in [1.82, 2.24) is 9.97 Å². The van der Waals surface area contributed by atoms with Gasteiger partial charge in [0.1, 0.15) is 11.2 Å². The third-order valence-electron chi connectivity index (χ3n) is 8.68. The van der Waals surface area contributed by atoms with Crippen molar-refractivity contribution in [2.75, 3.05) is 0 Å². The molecule has 0 saturated carbocycles. The largest absolute Gasteiger partial charge is 0.455 e. The summed E-state index contributed by atoms with van der Waals surface area (Å²) in [4.78, 5) is 10.1. The molecular weight excluding hydrogens is 548 g/mol. The quantitative estimate of drug-likeness (QED) is 0.196. The minimum Gasteiger partial charge on any atom is -0.455 e. The molecule has 210 valence electrons. The highest BCUT2D eigenvalue weighted by molar-refractivity contribution is 6.16. The van der Waals surface area contributed by atoms with E-state index in [1.165, 1.54) is 21.5 Å². The molecular formula is C42H26N2O. The fraction of sp³-hybridized carbons (Fsp3) is 0. The van der Waals surface area contributed by atoms with Crippen molar-refractivity contribution < 1.29 is 4.42 Å². The highest BCUT2D eigenvalue weighted by atomic mass is 16.3. The van der Waals surface area contributed by atoms with E-state index in [2.05, 4.69) is 109 Å². The van der Waals surface area contributed by atoms with E-state index in [9.17, 15) is 0 Å². The van der Waals surface area contributed by atoms with Crippen LogP contribution in [0, 0.1) is 0 Å². The average Bonchev–Trinajstić information content (AvgIpc) is 3.51. The summed E-state index contributed by atoms with van der Waals surface area (Å²) in [6.07, 6.45) is 0. The molecule has 0 fully saturated rings. The molecule has 0 unspecified atom stereocenters. The van der Waals surface area contributed by atoms with Crippen LogP contribution >= 0.6 is 0 Å². The summed E-state index contributed by atoms with van der Waals surface area (Å²) in [6.45, 7) is 0. The average molecular weight is 575 g/mol. The van der Waals surface area contributed by atoms with Gasteiger partial charge in [0.25, 0.3) is 0 Å². The van der Waals surface area contributed by atoms with Crippen LogP contribution in [0.5, 0.6) is 0 Å². The van der Waals surface area contributed by atoms with E-state index in [1.807, 2.05) is 48.5 Å². The number of fused-ring (bicyclic) bond motifs is 6. The highest BCUT2D eigenvalue weighted by Gasteiger charge is 2.18. The predicted molar refractivity (Wildman–Crippen MR) is 186 cm³/mol. The van der Waals surface area contributed by atoms with Crippen molar-refractivity contribution in [3.63, 3.8) is 0 Å². The maximum Gasteiger partial charge on any atom is 0.160 e. The van der Waals surface area contributed by atoms with E-state index in [4.69, 9.17) is 14.4 Å². The number of rotatable bonds is 4. The number of furan rings is 1. The van der Waals surface area contributed by atoms with Crippen molar-refractivity contribution >= 4 is 43.5 Å². The lowest BCUT2D eigenvalue weighted by atomic mass is 9.94. The second-order valence-corrected chi connectivity index (χ2v) is 11.4. The highest BCUT2D eigenvalue weighted by Crippen LogP contribution is 2.41. The fourth-order valence-corrected chi connectivity index (χ4v) is 6.53. The van der Waals surface area contributed by atoms with Crippen LogP contribution in [-0.2, 0) is 0 Å². The van der Waals surface area contributed by atoms with E-state index >= 15 is 0 Å². The van der Waals surface area contributed by atoms with Gasteiger partial charge >= 0.3 is 0 Å². The first-order valence-electron chi connectivity index (χ1n) is 15.2. The van der Waals surface area contributed by atoms with Crippen molar-refractivity contribution in [2.24, 2.45) is 0 Å². The minimum atomic E-state index is 0.685. The Morgan fingerprint density at radius 2 is 1.07 bits per heavy atom. The van der Waals surface area contributed by atoms with E-state index in [0.717, 1.165) is 61.1 Å². The van der Waals surface area contributed by atoms with Crippen LogP contribution in [0.2, 0.25) is 0 Å². The Labute approximate surface area is 260 Å². The summed E-state index contributed by atoms with van der Waals surface area (Å²) in [7, 11) is 0. The predicted octanol–water partition coefficient (Wildman–Crippen LogP) is 11.4. The van der Waals surface area contributed by atoms with Gasteiger partial charge in [-0.2, -0.15) is 0 Å². The van der Waals surface area contributed by atoms with Crippen LogP contribution in [0.3, 0.4) is 0 Å². The summed E-state index contributed by atoms with van der Waals surface area (Å²) in [6, 6.07) is 54.9. The number of aromatic nitrogens is 2. The van der Waals surface area contributed by atoms with Crippen LogP contribution < -0.4 is 0 Å². The summed E-state index contributed by atoms with van der Waals surface area (Å²) in [5, 5.41) is 7.18. The van der Waals surface area contributed by atoms with Crippen LogP contribution in [0.15, 0.2) is 162 Å². The Morgan fingerprint density at radius 3 is 1.93 bits per heavy atom. The van der Waals surface area contributed by atoms with Gasteiger partial charge < -0.3 is 4.42 Å². The van der Waals surface area contributed by atoms with Crippen molar-refractivity contribution in [2.45, 2.75) is 0 Å². The molecule has 0 atom stereocenters. The molecule has 3 heteroatoms. The van der Waals surface area contributed by atoms with Gasteiger partial charge in [-0.05, 0) is 56.9 Å². The van der Waals surface area contributed by atoms with Crippen molar-refractivity contribution in [3.8, 4) is 45.0 Å². The van der Waals surface area contributed by atoms with E-state index in [-0.39, 0.29) is 0 Å². The van der Waals surface area contributed by atoms with Crippen LogP contribution in [0.25, 0.3) is 88.5 Å². The SMILES string of the molecule is c1ccc(-c2cc(-c3cccc4c3oc3cccc(-c5ccc6c(ccc7ccccc76)c5)c34)nc(-c3ccccc3)n2)cc1. The van der Waals surface area contributed by atoms with Crippen molar-refractivity contribution in [1.29, 1.82) is 0 Å². The molecule has 2 aromatic heterocycles. The monoisotopic (exact) mass is 574 g/mol. The second kappa shape index (κ2) is 10.3. The zero-order valence-corrected chi connectivity index (χ0v) is 24.3. The van der Waals surface area contributed by atoms with Gasteiger partial charge in [-0.1, -0.05) is 133 Å². The third kappa shape index (κ3) is 4.29. The lowest BCUT2D eigenvalue weighted by molar-refractivity contribution is 0.670. The van der Waals surface area contributed by atoms with Gasteiger partial charge in [-0.25, -0.2) is 9.97 Å². The van der Waals surface area contributed by atoms with Crippen LogP contribution in [0.4, 0.5) is 0 Å². The molecule has 0 saturated heterocycles. The van der Waals surface area contributed by atoms with E-state index in [0.29, 0.717) is 5.82 Å². The summed E-state index contributed by atoms with van der Waals surface area (Å²) in [5.74, 6) is 0.685. The topological polar surface area (TPSA) is 38.9 Å². The molecule has 0 aliphatic heterocycles. The lowest BCUT2D eigenvalue weighted by Crippen LogP contribution is -1.96. The molecule has 0 bridgehead atoms. The third-order valence-corrected chi connectivity index (χ3v) is 8.68. The molecule has 0 aliphatic rings. The van der Waals surface area contributed by atoms with E-state index in [1.54, 1.807) is 0 Å². The Balaban J connectivity index is 1.25. The zero-order chi connectivity index (χ0) is 29.7. The van der Waals surface area contributed by atoms with Gasteiger partial charge in [-0.15, -0.1) is 0 Å².